The molecule has 6 nitrogen and oxygen atoms in total. The highest BCUT2D eigenvalue weighted by molar-refractivity contribution is 5.94. The van der Waals surface area contributed by atoms with Gasteiger partial charge in [0.2, 0.25) is 0 Å². The number of amides is 1. The molecule has 0 radical (unpaired) electrons. The molecule has 22 heavy (non-hydrogen) atoms. The molecule has 0 spiro atoms. The zero-order chi connectivity index (χ0) is 16.1. The summed E-state index contributed by atoms with van der Waals surface area (Å²) in [7, 11) is 1.38. The fraction of sp³-hybridized carbons (Fsp3) is 0.400. The zero-order valence-corrected chi connectivity index (χ0v) is 12.8. The second-order valence-electron chi connectivity index (χ2n) is 5.30. The van der Waals surface area contributed by atoms with E-state index in [1.165, 1.54) is 25.3 Å². The Morgan fingerprint density at radius 1 is 1.45 bits per heavy atom. The summed E-state index contributed by atoms with van der Waals surface area (Å²) in [4.78, 5) is 12.3. The topological polar surface area (TPSA) is 69.0 Å². The predicted molar refractivity (Wildman–Crippen MR) is 79.1 cm³/mol. The first kappa shape index (κ1) is 15.9. The molecule has 7 heteroatoms. The molecule has 1 aromatic heterocycles. The first-order chi connectivity index (χ1) is 10.5. The Balaban J connectivity index is 2.09. The molecule has 1 atom stereocenters. The highest BCUT2D eigenvalue weighted by atomic mass is 19.1. The van der Waals surface area contributed by atoms with Crippen LogP contribution in [0.15, 0.2) is 30.6 Å². The van der Waals surface area contributed by atoms with E-state index < -0.39 is 5.82 Å². The number of rotatable bonds is 6. The van der Waals surface area contributed by atoms with Crippen molar-refractivity contribution in [2.45, 2.75) is 26.4 Å². The van der Waals surface area contributed by atoms with Crippen LogP contribution in [0.5, 0.6) is 5.75 Å². The summed E-state index contributed by atoms with van der Waals surface area (Å²) in [6, 6.07) is 4.00. The number of methoxy groups -OCH3 is 1. The minimum absolute atomic E-state index is 0.111. The fourth-order valence-corrected chi connectivity index (χ4v) is 2.01. The number of carbonyl (C=O) groups is 1. The summed E-state index contributed by atoms with van der Waals surface area (Å²) < 4.78 is 20.2. The Kier molecular flexibility index (Phi) is 5.08. The van der Waals surface area contributed by atoms with Gasteiger partial charge in [-0.3, -0.25) is 9.48 Å². The maximum atomic E-state index is 13.7. The van der Waals surface area contributed by atoms with Crippen LogP contribution in [0.3, 0.4) is 0 Å². The van der Waals surface area contributed by atoms with Crippen molar-refractivity contribution in [1.29, 1.82) is 0 Å². The van der Waals surface area contributed by atoms with Gasteiger partial charge in [0, 0.05) is 11.8 Å². The molecule has 1 aromatic carbocycles. The molecule has 2 rings (SSSR count). The van der Waals surface area contributed by atoms with E-state index >= 15 is 0 Å². The van der Waals surface area contributed by atoms with E-state index in [-0.39, 0.29) is 29.2 Å². The van der Waals surface area contributed by atoms with E-state index in [4.69, 9.17) is 4.74 Å². The van der Waals surface area contributed by atoms with Crippen molar-refractivity contribution in [3.05, 3.63) is 42.0 Å². The van der Waals surface area contributed by atoms with Gasteiger partial charge in [-0.15, -0.1) is 5.10 Å². The predicted octanol–water partition coefficient (Wildman–Crippen LogP) is 1.88. The lowest BCUT2D eigenvalue weighted by molar-refractivity contribution is 0.0918. The number of ether oxygens (including phenoxy) is 1. The zero-order valence-electron chi connectivity index (χ0n) is 12.8. The molecule has 2 aromatic rings. The molecule has 1 heterocycles. The molecule has 0 saturated heterocycles. The lowest BCUT2D eigenvalue weighted by Crippen LogP contribution is -2.41. The van der Waals surface area contributed by atoms with E-state index in [1.807, 2.05) is 13.8 Å². The molecule has 0 aliphatic carbocycles. The van der Waals surface area contributed by atoms with E-state index in [2.05, 4.69) is 15.6 Å². The van der Waals surface area contributed by atoms with Gasteiger partial charge >= 0.3 is 0 Å². The van der Waals surface area contributed by atoms with E-state index in [9.17, 15) is 9.18 Å². The molecule has 0 saturated carbocycles. The number of hydrogen-bond donors (Lipinski definition) is 1. The van der Waals surface area contributed by atoms with Crippen LogP contribution in [0.4, 0.5) is 4.39 Å². The maximum Gasteiger partial charge on any atom is 0.251 e. The number of hydrogen-bond acceptors (Lipinski definition) is 4. The molecular weight excluding hydrogens is 287 g/mol. The molecule has 118 valence electrons. The van der Waals surface area contributed by atoms with Crippen molar-refractivity contribution in [2.75, 3.05) is 7.11 Å². The van der Waals surface area contributed by atoms with E-state index in [0.717, 1.165) is 0 Å². The van der Waals surface area contributed by atoms with Crippen LogP contribution >= 0.6 is 0 Å². The number of benzene rings is 1. The Bertz CT molecular complexity index is 628. The lowest BCUT2D eigenvalue weighted by atomic mass is 10.0. The average molecular weight is 306 g/mol. The summed E-state index contributed by atoms with van der Waals surface area (Å²) in [6.45, 7) is 4.50. The van der Waals surface area contributed by atoms with Crippen molar-refractivity contribution in [1.82, 2.24) is 20.3 Å². The number of nitrogens with zero attached hydrogens (tertiary/aromatic N) is 3. The van der Waals surface area contributed by atoms with Gasteiger partial charge in [-0.2, -0.15) is 0 Å². The van der Waals surface area contributed by atoms with E-state index in [0.29, 0.717) is 6.54 Å². The van der Waals surface area contributed by atoms with Crippen molar-refractivity contribution in [2.24, 2.45) is 5.92 Å². The van der Waals surface area contributed by atoms with Crippen molar-refractivity contribution in [3.8, 4) is 5.75 Å². The maximum absolute atomic E-state index is 13.7. The molecule has 0 fully saturated rings. The fourth-order valence-electron chi connectivity index (χ4n) is 2.01. The third kappa shape index (κ3) is 3.81. The van der Waals surface area contributed by atoms with Gasteiger partial charge in [0.15, 0.2) is 11.6 Å². The van der Waals surface area contributed by atoms with Crippen molar-refractivity contribution < 1.29 is 13.9 Å². The Labute approximate surface area is 128 Å². The summed E-state index contributed by atoms with van der Waals surface area (Å²) in [5.74, 6) is -0.594. The van der Waals surface area contributed by atoms with Crippen LogP contribution < -0.4 is 10.1 Å². The number of aromatic nitrogens is 3. The van der Waals surface area contributed by atoms with Crippen molar-refractivity contribution >= 4 is 5.91 Å². The molecule has 0 aliphatic heterocycles. The Hall–Kier alpha value is -2.44. The third-order valence-electron chi connectivity index (χ3n) is 3.39. The minimum Gasteiger partial charge on any atom is -0.494 e. The SMILES string of the molecule is COc1ccc(C(=O)NC(Cn2ccnn2)C(C)C)cc1F. The minimum atomic E-state index is -0.562. The average Bonchev–Trinajstić information content (AvgIpc) is 2.99. The Morgan fingerprint density at radius 3 is 2.77 bits per heavy atom. The molecule has 1 amide bonds. The van der Waals surface area contributed by atoms with Crippen LogP contribution in [0, 0.1) is 11.7 Å². The number of nitrogens with one attached hydrogen (secondary N) is 1. The number of halogens is 1. The van der Waals surface area contributed by atoms with Gasteiger partial charge in [-0.25, -0.2) is 4.39 Å². The van der Waals surface area contributed by atoms with Crippen LogP contribution in [-0.2, 0) is 6.54 Å². The van der Waals surface area contributed by atoms with E-state index in [1.54, 1.807) is 17.1 Å². The second kappa shape index (κ2) is 7.02. The summed E-state index contributed by atoms with van der Waals surface area (Å²) in [6.07, 6.45) is 3.31. The van der Waals surface area contributed by atoms with Gasteiger partial charge in [-0.05, 0) is 24.1 Å². The lowest BCUT2D eigenvalue weighted by Gasteiger charge is -2.22. The monoisotopic (exact) mass is 306 g/mol. The molecule has 0 bridgehead atoms. The molecule has 1 unspecified atom stereocenters. The second-order valence-corrected chi connectivity index (χ2v) is 5.30. The quantitative estimate of drug-likeness (QED) is 0.884. The molecule has 1 N–H and O–H groups in total. The van der Waals surface area contributed by atoms with Crippen LogP contribution in [0.2, 0.25) is 0 Å². The van der Waals surface area contributed by atoms with Gasteiger partial charge in [0.05, 0.1) is 25.9 Å². The van der Waals surface area contributed by atoms with Gasteiger partial charge in [-0.1, -0.05) is 19.1 Å². The smallest absolute Gasteiger partial charge is 0.251 e. The van der Waals surface area contributed by atoms with Crippen LogP contribution in [-0.4, -0.2) is 34.1 Å². The van der Waals surface area contributed by atoms with Crippen LogP contribution in [0.1, 0.15) is 24.2 Å². The van der Waals surface area contributed by atoms with Gasteiger partial charge in [0.25, 0.3) is 5.91 Å². The summed E-state index contributed by atoms with van der Waals surface area (Å²) in [5, 5.41) is 10.5. The highest BCUT2D eigenvalue weighted by Crippen LogP contribution is 2.18. The largest absolute Gasteiger partial charge is 0.494 e. The van der Waals surface area contributed by atoms with Gasteiger partial charge < -0.3 is 10.1 Å². The standard InChI is InChI=1S/C15H19FN4O2/c1-10(2)13(9-20-7-6-17-19-20)18-15(21)11-4-5-14(22-3)12(16)8-11/h4-8,10,13H,9H2,1-3H3,(H,18,21). The van der Waals surface area contributed by atoms with Crippen molar-refractivity contribution in [3.63, 3.8) is 0 Å². The van der Waals surface area contributed by atoms with Gasteiger partial charge in [0.1, 0.15) is 0 Å². The highest BCUT2D eigenvalue weighted by Gasteiger charge is 2.19. The summed E-state index contributed by atoms with van der Waals surface area (Å²) in [5.41, 5.74) is 0.252. The summed E-state index contributed by atoms with van der Waals surface area (Å²) >= 11 is 0. The molecular formula is C15H19FN4O2. The van der Waals surface area contributed by atoms with Crippen LogP contribution in [0.25, 0.3) is 0 Å². The Morgan fingerprint density at radius 2 is 2.23 bits per heavy atom. The third-order valence-corrected chi connectivity index (χ3v) is 3.39. The first-order valence-electron chi connectivity index (χ1n) is 6.99. The first-order valence-corrected chi connectivity index (χ1v) is 6.99. The number of carbonyl (C=O) groups excluding carboxylic acids is 1. The normalized spacial score (nSPS) is 12.2. The molecule has 0 aliphatic rings.